The quantitative estimate of drug-likeness (QED) is 0.840. The van der Waals surface area contributed by atoms with Crippen LogP contribution in [-0.2, 0) is 9.59 Å². The Bertz CT molecular complexity index is 634. The Morgan fingerprint density at radius 1 is 1.50 bits per heavy atom. The molecule has 1 aromatic rings. The fourth-order valence-electron chi connectivity index (χ4n) is 1.90. The van der Waals surface area contributed by atoms with Gasteiger partial charge in [-0.05, 0) is 31.2 Å². The number of nitriles is 1. The first-order valence-electron chi connectivity index (χ1n) is 6.69. The standard InChI is InChI=1S/C15H15N3O3S/c1-2-21-12-5-3-11(4-6-12)17-13(19)9-18-14(20)10-22-15(18)7-8-16/h3-7H,2,9-10H2,1H3,(H,17,19)/b15-7-. The molecule has 1 aliphatic heterocycles. The molecular weight excluding hydrogens is 302 g/mol. The third-order valence-electron chi connectivity index (χ3n) is 2.85. The third kappa shape index (κ3) is 4.02. The summed E-state index contributed by atoms with van der Waals surface area (Å²) in [6, 6.07) is 8.86. The van der Waals surface area contributed by atoms with Crippen LogP contribution in [0, 0.1) is 11.3 Å². The number of allylic oxidation sites excluding steroid dienone is 1. The summed E-state index contributed by atoms with van der Waals surface area (Å²) in [6.07, 6.45) is 1.28. The summed E-state index contributed by atoms with van der Waals surface area (Å²) >= 11 is 1.26. The van der Waals surface area contributed by atoms with E-state index in [1.807, 2.05) is 13.0 Å². The van der Waals surface area contributed by atoms with Crippen molar-refractivity contribution in [3.8, 4) is 11.8 Å². The van der Waals surface area contributed by atoms with Gasteiger partial charge in [0.25, 0.3) is 0 Å². The van der Waals surface area contributed by atoms with Crippen LogP contribution in [0.25, 0.3) is 0 Å². The molecule has 6 nitrogen and oxygen atoms in total. The van der Waals surface area contributed by atoms with Gasteiger partial charge in [0.05, 0.1) is 23.5 Å². The number of carbonyl (C=O) groups is 2. The number of amides is 2. The molecule has 22 heavy (non-hydrogen) atoms. The lowest BCUT2D eigenvalue weighted by molar-refractivity contribution is -0.129. The first-order valence-corrected chi connectivity index (χ1v) is 7.68. The van der Waals surface area contributed by atoms with Gasteiger partial charge in [-0.1, -0.05) is 11.8 Å². The van der Waals surface area contributed by atoms with Gasteiger partial charge < -0.3 is 10.1 Å². The molecule has 1 fully saturated rings. The zero-order valence-electron chi connectivity index (χ0n) is 12.0. The van der Waals surface area contributed by atoms with Crippen molar-refractivity contribution in [1.29, 1.82) is 5.26 Å². The second-order valence-electron chi connectivity index (χ2n) is 4.39. The molecule has 1 saturated heterocycles. The Morgan fingerprint density at radius 3 is 2.86 bits per heavy atom. The van der Waals surface area contributed by atoms with Crippen molar-refractivity contribution in [2.75, 3.05) is 24.2 Å². The van der Waals surface area contributed by atoms with E-state index in [4.69, 9.17) is 10.00 Å². The largest absolute Gasteiger partial charge is 0.494 e. The maximum Gasteiger partial charge on any atom is 0.244 e. The molecule has 114 valence electrons. The van der Waals surface area contributed by atoms with Crippen LogP contribution >= 0.6 is 11.8 Å². The molecule has 7 heteroatoms. The van der Waals surface area contributed by atoms with Gasteiger partial charge in [0.1, 0.15) is 12.3 Å². The molecule has 1 heterocycles. The Kier molecular flexibility index (Phi) is 5.44. The minimum Gasteiger partial charge on any atom is -0.494 e. The third-order valence-corrected chi connectivity index (χ3v) is 3.87. The molecule has 0 bridgehead atoms. The minimum atomic E-state index is -0.316. The van der Waals surface area contributed by atoms with Crippen molar-refractivity contribution < 1.29 is 14.3 Å². The fourth-order valence-corrected chi connectivity index (χ4v) is 2.79. The zero-order valence-corrected chi connectivity index (χ0v) is 12.9. The van der Waals surface area contributed by atoms with Gasteiger partial charge in [-0.3, -0.25) is 14.5 Å². The van der Waals surface area contributed by atoms with E-state index in [9.17, 15) is 9.59 Å². The van der Waals surface area contributed by atoms with E-state index >= 15 is 0 Å². The highest BCUT2D eigenvalue weighted by atomic mass is 32.2. The van der Waals surface area contributed by atoms with Crippen LogP contribution in [0.5, 0.6) is 5.75 Å². The molecule has 0 atom stereocenters. The van der Waals surface area contributed by atoms with Crippen molar-refractivity contribution in [2.24, 2.45) is 0 Å². The topological polar surface area (TPSA) is 82.4 Å². The van der Waals surface area contributed by atoms with Crippen LogP contribution in [0.15, 0.2) is 35.4 Å². The van der Waals surface area contributed by atoms with Crippen molar-refractivity contribution in [3.63, 3.8) is 0 Å². The van der Waals surface area contributed by atoms with Gasteiger partial charge in [0.2, 0.25) is 11.8 Å². The maximum atomic E-state index is 12.0. The molecule has 2 rings (SSSR count). The van der Waals surface area contributed by atoms with E-state index in [0.717, 1.165) is 5.75 Å². The van der Waals surface area contributed by atoms with Gasteiger partial charge in [-0.15, -0.1) is 0 Å². The van der Waals surface area contributed by atoms with Crippen LogP contribution in [0.3, 0.4) is 0 Å². The van der Waals surface area contributed by atoms with E-state index in [2.05, 4.69) is 5.32 Å². The van der Waals surface area contributed by atoms with Gasteiger partial charge in [0.15, 0.2) is 0 Å². The van der Waals surface area contributed by atoms with Gasteiger partial charge in [-0.25, -0.2) is 0 Å². The molecule has 1 N–H and O–H groups in total. The Labute approximate surface area is 132 Å². The predicted molar refractivity (Wildman–Crippen MR) is 84.1 cm³/mol. The molecule has 0 radical (unpaired) electrons. The van der Waals surface area contributed by atoms with Gasteiger partial charge in [-0.2, -0.15) is 5.26 Å². The van der Waals surface area contributed by atoms with Crippen LogP contribution in [-0.4, -0.2) is 35.6 Å². The van der Waals surface area contributed by atoms with Crippen molar-refractivity contribution in [1.82, 2.24) is 4.90 Å². The fraction of sp³-hybridized carbons (Fsp3) is 0.267. The summed E-state index contributed by atoms with van der Waals surface area (Å²) in [5.41, 5.74) is 0.624. The Hall–Kier alpha value is -2.46. The monoisotopic (exact) mass is 317 g/mol. The molecule has 0 unspecified atom stereocenters. The molecule has 0 spiro atoms. The van der Waals surface area contributed by atoms with E-state index < -0.39 is 0 Å². The predicted octanol–water partition coefficient (Wildman–Crippen LogP) is 1.96. The molecular formula is C15H15N3O3S. The van der Waals surface area contributed by atoms with Crippen LogP contribution in [0.4, 0.5) is 5.69 Å². The van der Waals surface area contributed by atoms with Crippen molar-refractivity contribution >= 4 is 29.3 Å². The van der Waals surface area contributed by atoms with Crippen LogP contribution in [0.2, 0.25) is 0 Å². The van der Waals surface area contributed by atoms with Crippen LogP contribution in [0.1, 0.15) is 6.92 Å². The molecule has 0 aromatic heterocycles. The highest BCUT2D eigenvalue weighted by Gasteiger charge is 2.28. The zero-order chi connectivity index (χ0) is 15.9. The second kappa shape index (κ2) is 7.52. The lowest BCUT2D eigenvalue weighted by Gasteiger charge is -2.16. The van der Waals surface area contributed by atoms with E-state index in [-0.39, 0.29) is 24.1 Å². The molecule has 2 amide bonds. The SMILES string of the molecule is CCOc1ccc(NC(=O)CN2C(=O)CS/C2=C\C#N)cc1. The lowest BCUT2D eigenvalue weighted by atomic mass is 10.3. The highest BCUT2D eigenvalue weighted by Crippen LogP contribution is 2.28. The van der Waals surface area contributed by atoms with Crippen molar-refractivity contribution in [3.05, 3.63) is 35.4 Å². The Morgan fingerprint density at radius 2 is 2.23 bits per heavy atom. The number of benzene rings is 1. The van der Waals surface area contributed by atoms with E-state index in [1.54, 1.807) is 24.3 Å². The smallest absolute Gasteiger partial charge is 0.244 e. The summed E-state index contributed by atoms with van der Waals surface area (Å²) in [6.45, 7) is 2.37. The summed E-state index contributed by atoms with van der Waals surface area (Å²) in [7, 11) is 0. The molecule has 1 aromatic carbocycles. The number of thioether (sulfide) groups is 1. The number of rotatable bonds is 5. The number of hydrogen-bond donors (Lipinski definition) is 1. The number of anilines is 1. The molecule has 0 saturated carbocycles. The van der Waals surface area contributed by atoms with E-state index in [0.29, 0.717) is 17.3 Å². The average molecular weight is 317 g/mol. The number of carbonyl (C=O) groups excluding carboxylic acids is 2. The summed E-state index contributed by atoms with van der Waals surface area (Å²) < 4.78 is 5.32. The van der Waals surface area contributed by atoms with Gasteiger partial charge >= 0.3 is 0 Å². The van der Waals surface area contributed by atoms with Crippen LogP contribution < -0.4 is 10.1 Å². The number of hydrogen-bond acceptors (Lipinski definition) is 5. The Balaban J connectivity index is 1.96. The summed E-state index contributed by atoms with van der Waals surface area (Å²) in [4.78, 5) is 25.1. The first-order chi connectivity index (χ1) is 10.6. The number of nitrogens with zero attached hydrogens (tertiary/aromatic N) is 2. The second-order valence-corrected chi connectivity index (χ2v) is 5.38. The highest BCUT2D eigenvalue weighted by molar-refractivity contribution is 8.04. The lowest BCUT2D eigenvalue weighted by Crippen LogP contribution is -2.33. The maximum absolute atomic E-state index is 12.0. The summed E-state index contributed by atoms with van der Waals surface area (Å²) in [5.74, 6) is 0.493. The molecule has 0 aliphatic carbocycles. The number of nitrogens with one attached hydrogen (secondary N) is 1. The average Bonchev–Trinajstić information content (AvgIpc) is 2.83. The minimum absolute atomic E-state index is 0.105. The normalized spacial score (nSPS) is 15.7. The summed E-state index contributed by atoms with van der Waals surface area (Å²) in [5, 5.41) is 11.9. The number of ether oxygens (including phenoxy) is 1. The first kappa shape index (κ1) is 15.9. The van der Waals surface area contributed by atoms with Gasteiger partial charge in [0, 0.05) is 11.8 Å². The molecule has 1 aliphatic rings. The van der Waals surface area contributed by atoms with Crippen molar-refractivity contribution in [2.45, 2.75) is 6.92 Å². The van der Waals surface area contributed by atoms with E-state index in [1.165, 1.54) is 22.7 Å².